The molecule has 0 saturated heterocycles. The van der Waals surface area contributed by atoms with E-state index in [2.05, 4.69) is 17.1 Å². The third kappa shape index (κ3) is 17.7. The predicted molar refractivity (Wildman–Crippen MR) is 103 cm³/mol. The van der Waals surface area contributed by atoms with Crippen molar-refractivity contribution < 1.29 is 9.90 Å². The molecule has 24 heavy (non-hydrogen) atoms. The summed E-state index contributed by atoms with van der Waals surface area (Å²) >= 11 is 0. The van der Waals surface area contributed by atoms with Gasteiger partial charge in [0.2, 0.25) is 5.91 Å². The number of hydrogen-bond acceptors (Lipinski definition) is 3. The highest BCUT2D eigenvalue weighted by atomic mass is 16.3. The quantitative estimate of drug-likeness (QED) is 0.368. The number of carbonyl (C=O) groups is 1. The molecule has 4 heteroatoms. The first-order valence-electron chi connectivity index (χ1n) is 10.3. The van der Waals surface area contributed by atoms with Crippen LogP contribution in [0.25, 0.3) is 0 Å². The lowest BCUT2D eigenvalue weighted by Crippen LogP contribution is -2.24. The summed E-state index contributed by atoms with van der Waals surface area (Å²) in [5, 5.41) is 11.9. The summed E-state index contributed by atoms with van der Waals surface area (Å²) in [6.45, 7) is 5.05. The lowest BCUT2D eigenvalue weighted by molar-refractivity contribution is -0.121. The van der Waals surface area contributed by atoms with Crippen molar-refractivity contribution in [2.24, 2.45) is 0 Å². The van der Waals surface area contributed by atoms with Gasteiger partial charge in [-0.2, -0.15) is 0 Å². The molecular weight excluding hydrogens is 300 g/mol. The first kappa shape index (κ1) is 23.4. The highest BCUT2D eigenvalue weighted by Crippen LogP contribution is 2.09. The van der Waals surface area contributed by atoms with Gasteiger partial charge in [-0.1, -0.05) is 64.7 Å². The highest BCUT2D eigenvalue weighted by Gasteiger charge is 2.01. The summed E-state index contributed by atoms with van der Waals surface area (Å²) in [5.41, 5.74) is 0. The van der Waals surface area contributed by atoms with Gasteiger partial charge in [-0.15, -0.1) is 0 Å². The number of rotatable bonds is 18. The van der Waals surface area contributed by atoms with Crippen LogP contribution < -0.4 is 5.32 Å². The van der Waals surface area contributed by atoms with Gasteiger partial charge in [0, 0.05) is 19.5 Å². The minimum absolute atomic E-state index is 0.207. The van der Waals surface area contributed by atoms with Gasteiger partial charge in [-0.25, -0.2) is 0 Å². The number of aliphatic hydroxyl groups excluding tert-OH is 1. The Morgan fingerprint density at radius 2 is 1.42 bits per heavy atom. The van der Waals surface area contributed by atoms with Crippen molar-refractivity contribution in [2.75, 3.05) is 33.3 Å². The maximum Gasteiger partial charge on any atom is 0.219 e. The lowest BCUT2D eigenvalue weighted by atomic mass is 10.1. The third-order valence-corrected chi connectivity index (χ3v) is 4.53. The molecule has 2 N–H and O–H groups in total. The van der Waals surface area contributed by atoms with E-state index in [-0.39, 0.29) is 12.5 Å². The van der Waals surface area contributed by atoms with Gasteiger partial charge in [0.15, 0.2) is 0 Å². The van der Waals surface area contributed by atoms with Gasteiger partial charge >= 0.3 is 0 Å². The molecule has 0 heterocycles. The zero-order valence-electron chi connectivity index (χ0n) is 16.3. The van der Waals surface area contributed by atoms with Gasteiger partial charge < -0.3 is 15.3 Å². The van der Waals surface area contributed by atoms with Crippen LogP contribution in [-0.4, -0.2) is 49.2 Å². The Morgan fingerprint density at radius 1 is 0.833 bits per heavy atom. The summed E-state index contributed by atoms with van der Waals surface area (Å²) in [7, 11) is 2.02. The van der Waals surface area contributed by atoms with Crippen LogP contribution in [-0.2, 0) is 4.79 Å². The number of amides is 1. The molecule has 0 radical (unpaired) electrons. The minimum atomic E-state index is 0.207. The van der Waals surface area contributed by atoms with Gasteiger partial charge in [-0.3, -0.25) is 4.79 Å². The van der Waals surface area contributed by atoms with Crippen LogP contribution in [0.3, 0.4) is 0 Å². The molecule has 0 aliphatic carbocycles. The largest absolute Gasteiger partial charge is 0.395 e. The second-order valence-corrected chi connectivity index (χ2v) is 7.02. The molecule has 0 aliphatic heterocycles. The average Bonchev–Trinajstić information content (AvgIpc) is 2.56. The molecule has 0 rings (SSSR count). The summed E-state index contributed by atoms with van der Waals surface area (Å²) < 4.78 is 0. The molecule has 0 bridgehead atoms. The number of nitrogens with one attached hydrogen (secondary N) is 1. The van der Waals surface area contributed by atoms with Crippen LogP contribution in [0.2, 0.25) is 0 Å². The molecule has 1 amide bonds. The molecule has 0 spiro atoms. The molecule has 4 nitrogen and oxygen atoms in total. The van der Waals surface area contributed by atoms with E-state index in [4.69, 9.17) is 5.11 Å². The van der Waals surface area contributed by atoms with E-state index in [9.17, 15) is 4.79 Å². The van der Waals surface area contributed by atoms with Crippen LogP contribution in [0, 0.1) is 0 Å². The fourth-order valence-corrected chi connectivity index (χ4v) is 2.88. The molecular formula is C20H42N2O2. The van der Waals surface area contributed by atoms with Crippen molar-refractivity contribution in [1.82, 2.24) is 10.2 Å². The smallest absolute Gasteiger partial charge is 0.219 e. The summed E-state index contributed by atoms with van der Waals surface area (Å²) in [6, 6.07) is 0. The fraction of sp³-hybridized carbons (Fsp3) is 0.950. The van der Waals surface area contributed by atoms with Crippen LogP contribution in [0.15, 0.2) is 0 Å². The van der Waals surface area contributed by atoms with E-state index in [1.54, 1.807) is 0 Å². The molecule has 0 unspecified atom stereocenters. The van der Waals surface area contributed by atoms with E-state index >= 15 is 0 Å². The minimum Gasteiger partial charge on any atom is -0.395 e. The number of likely N-dealkylation sites (N-methyl/N-ethyl adjacent to an activating group) is 1. The monoisotopic (exact) mass is 342 g/mol. The van der Waals surface area contributed by atoms with E-state index in [0.29, 0.717) is 6.42 Å². The van der Waals surface area contributed by atoms with Crippen molar-refractivity contribution in [1.29, 1.82) is 0 Å². The Balaban J connectivity index is 3.21. The van der Waals surface area contributed by atoms with Crippen molar-refractivity contribution in [2.45, 2.75) is 90.4 Å². The van der Waals surface area contributed by atoms with E-state index in [1.165, 1.54) is 51.4 Å². The normalized spacial score (nSPS) is 11.2. The Morgan fingerprint density at radius 3 is 2.04 bits per heavy atom. The molecule has 0 aromatic rings. The van der Waals surface area contributed by atoms with Crippen molar-refractivity contribution in [3.63, 3.8) is 0 Å². The molecule has 144 valence electrons. The number of unbranched alkanes of at least 4 members (excludes halogenated alkanes) is 10. The molecule has 0 aliphatic rings. The summed E-state index contributed by atoms with van der Waals surface area (Å²) in [5.74, 6) is 0.207. The van der Waals surface area contributed by atoms with Crippen LogP contribution in [0.4, 0.5) is 0 Å². The lowest BCUT2D eigenvalue weighted by Gasteiger charge is -2.14. The van der Waals surface area contributed by atoms with Crippen LogP contribution in [0.1, 0.15) is 90.4 Å². The number of carbonyl (C=O) groups excluding carboxylic acids is 1. The van der Waals surface area contributed by atoms with E-state index in [1.807, 2.05) is 7.05 Å². The van der Waals surface area contributed by atoms with Crippen molar-refractivity contribution in [3.05, 3.63) is 0 Å². The Kier molecular flexibility index (Phi) is 18.2. The Hall–Kier alpha value is -0.610. The SMILES string of the molecule is CCCCCCCCCCCNC(=O)CCCCCN(C)CCO. The van der Waals surface area contributed by atoms with Crippen LogP contribution in [0.5, 0.6) is 0 Å². The molecule has 0 aromatic heterocycles. The highest BCUT2D eigenvalue weighted by molar-refractivity contribution is 5.75. The van der Waals surface area contributed by atoms with Gasteiger partial charge in [0.05, 0.1) is 6.61 Å². The summed E-state index contributed by atoms with van der Waals surface area (Å²) in [6.07, 6.45) is 15.7. The van der Waals surface area contributed by atoms with Crippen LogP contribution >= 0.6 is 0 Å². The standard InChI is InChI=1S/C20H42N2O2/c1-3-4-5-6-7-8-9-10-13-16-21-20(24)15-12-11-14-17-22(2)18-19-23/h23H,3-19H2,1-2H3,(H,21,24). The van der Waals surface area contributed by atoms with E-state index in [0.717, 1.165) is 45.3 Å². The average molecular weight is 343 g/mol. The molecule has 0 saturated carbocycles. The second kappa shape index (κ2) is 18.7. The maximum absolute atomic E-state index is 11.7. The summed E-state index contributed by atoms with van der Waals surface area (Å²) in [4.78, 5) is 13.9. The van der Waals surface area contributed by atoms with Gasteiger partial charge in [0.25, 0.3) is 0 Å². The zero-order valence-corrected chi connectivity index (χ0v) is 16.3. The number of hydrogen-bond donors (Lipinski definition) is 2. The molecule has 0 aromatic carbocycles. The van der Waals surface area contributed by atoms with Gasteiger partial charge in [-0.05, 0) is 32.9 Å². The third-order valence-electron chi connectivity index (χ3n) is 4.53. The second-order valence-electron chi connectivity index (χ2n) is 7.02. The first-order chi connectivity index (χ1) is 11.7. The fourth-order valence-electron chi connectivity index (χ4n) is 2.88. The van der Waals surface area contributed by atoms with Crippen molar-refractivity contribution in [3.8, 4) is 0 Å². The molecule has 0 atom stereocenters. The van der Waals surface area contributed by atoms with Gasteiger partial charge in [0.1, 0.15) is 0 Å². The Bertz CT molecular complexity index is 272. The Labute approximate surface area is 150 Å². The number of aliphatic hydroxyl groups is 1. The van der Waals surface area contributed by atoms with E-state index < -0.39 is 0 Å². The molecule has 0 fully saturated rings. The predicted octanol–water partition coefficient (Wildman–Crippen LogP) is 4.12. The first-order valence-corrected chi connectivity index (χ1v) is 10.3. The number of nitrogens with zero attached hydrogens (tertiary/aromatic N) is 1. The van der Waals surface area contributed by atoms with Crippen molar-refractivity contribution >= 4 is 5.91 Å². The zero-order chi connectivity index (χ0) is 17.9. The maximum atomic E-state index is 11.7. The topological polar surface area (TPSA) is 52.6 Å².